The standard InChI is InChI=1S/C37H37Cl3N4O6/c38-37(39,40)36(46)41-22-29-3-1-2-4-33(29)26-9-11-28(12-10-26)35-49-32(21-34(50-35)27-7-5-25(24-45)6-8-27)23-42-17-19-43(20-18-42)30-13-15-31(16-14-30)44(47)48/h1-16,32,34-35,45H,17-24H2,(H,41,46)/t32-,34+,35+/m0/s1. The van der Waals surface area contributed by atoms with Crippen molar-refractivity contribution < 1.29 is 24.3 Å². The number of non-ortho nitro benzene ring substituents is 1. The number of halogens is 3. The molecule has 10 nitrogen and oxygen atoms in total. The summed E-state index contributed by atoms with van der Waals surface area (Å²) in [6.45, 7) is 4.15. The van der Waals surface area contributed by atoms with Crippen molar-refractivity contribution in [3.05, 3.63) is 129 Å². The third kappa shape index (κ3) is 8.94. The topological polar surface area (TPSA) is 117 Å². The maximum atomic E-state index is 12.2. The van der Waals surface area contributed by atoms with E-state index >= 15 is 0 Å². The molecular formula is C37H37Cl3N4O6. The van der Waals surface area contributed by atoms with Crippen molar-refractivity contribution in [2.75, 3.05) is 37.6 Å². The lowest BCUT2D eigenvalue weighted by molar-refractivity contribution is -0.384. The van der Waals surface area contributed by atoms with Crippen LogP contribution < -0.4 is 10.2 Å². The molecule has 1 amide bonds. The number of nitro benzene ring substituents is 1. The lowest BCUT2D eigenvalue weighted by atomic mass is 9.97. The van der Waals surface area contributed by atoms with Crippen LogP contribution in [0.15, 0.2) is 97.1 Å². The van der Waals surface area contributed by atoms with Gasteiger partial charge in [-0.05, 0) is 39.9 Å². The number of nitrogens with one attached hydrogen (secondary N) is 1. The van der Waals surface area contributed by atoms with Gasteiger partial charge in [0.05, 0.1) is 23.7 Å². The molecular weight excluding hydrogens is 703 g/mol. The second-order valence-corrected chi connectivity index (χ2v) is 14.7. The molecule has 2 aliphatic heterocycles. The van der Waals surface area contributed by atoms with Crippen LogP contribution in [0, 0.1) is 10.1 Å². The zero-order valence-corrected chi connectivity index (χ0v) is 29.4. The van der Waals surface area contributed by atoms with Crippen molar-refractivity contribution in [3.8, 4) is 11.1 Å². The van der Waals surface area contributed by atoms with Gasteiger partial charge in [-0.1, -0.05) is 108 Å². The molecule has 0 saturated carbocycles. The summed E-state index contributed by atoms with van der Waals surface area (Å²) in [5.41, 5.74) is 6.54. The molecule has 2 heterocycles. The summed E-state index contributed by atoms with van der Waals surface area (Å²) in [4.78, 5) is 27.5. The van der Waals surface area contributed by atoms with Crippen molar-refractivity contribution in [3.63, 3.8) is 0 Å². The molecule has 0 aromatic heterocycles. The second kappa shape index (κ2) is 16.1. The Morgan fingerprint density at radius 2 is 1.54 bits per heavy atom. The summed E-state index contributed by atoms with van der Waals surface area (Å²) >= 11 is 17.2. The van der Waals surface area contributed by atoms with Gasteiger partial charge >= 0.3 is 0 Å². The molecule has 0 unspecified atom stereocenters. The number of rotatable bonds is 10. The molecule has 6 rings (SSSR count). The van der Waals surface area contributed by atoms with Crippen molar-refractivity contribution in [2.24, 2.45) is 0 Å². The van der Waals surface area contributed by atoms with Gasteiger partial charge in [0.2, 0.25) is 0 Å². The summed E-state index contributed by atoms with van der Waals surface area (Å²) in [6.07, 6.45) is -0.257. The van der Waals surface area contributed by atoms with Gasteiger partial charge in [-0.25, -0.2) is 0 Å². The SMILES string of the molecule is O=C(NCc1ccccc1-c1ccc([C@@H]2O[C@H](CN3CCN(c4ccc([N+](=O)[O-])cc4)CC3)C[C@H](c3ccc(CO)cc3)O2)cc1)C(Cl)(Cl)Cl. The Balaban J connectivity index is 1.15. The van der Waals surface area contributed by atoms with Gasteiger partial charge in [-0.15, -0.1) is 0 Å². The molecule has 2 N–H and O–H groups in total. The monoisotopic (exact) mass is 738 g/mol. The van der Waals surface area contributed by atoms with Crippen molar-refractivity contribution in [2.45, 2.75) is 41.9 Å². The fraction of sp³-hybridized carbons (Fsp3) is 0.324. The number of carbonyl (C=O) groups is 1. The van der Waals surface area contributed by atoms with E-state index in [1.54, 1.807) is 24.3 Å². The Bertz CT molecular complexity index is 1760. The number of alkyl halides is 3. The van der Waals surface area contributed by atoms with Crippen molar-refractivity contribution >= 4 is 52.1 Å². The van der Waals surface area contributed by atoms with Crippen LogP contribution >= 0.6 is 34.8 Å². The normalized spacial score (nSPS) is 20.0. The number of aliphatic hydroxyl groups is 1. The number of hydrogen-bond acceptors (Lipinski definition) is 8. The quantitative estimate of drug-likeness (QED) is 0.101. The molecule has 4 aromatic carbocycles. The number of aliphatic hydroxyl groups excluding tert-OH is 1. The van der Waals surface area contributed by atoms with Crippen LogP contribution in [0.25, 0.3) is 11.1 Å². The summed E-state index contributed by atoms with van der Waals surface area (Å²) < 4.78 is 11.1. The van der Waals surface area contributed by atoms with Crippen LogP contribution in [-0.2, 0) is 27.4 Å². The lowest BCUT2D eigenvalue weighted by Crippen LogP contribution is -2.49. The van der Waals surface area contributed by atoms with E-state index in [1.165, 1.54) is 0 Å². The van der Waals surface area contributed by atoms with Crippen molar-refractivity contribution in [1.29, 1.82) is 0 Å². The minimum Gasteiger partial charge on any atom is -0.392 e. The van der Waals surface area contributed by atoms with E-state index in [0.717, 1.165) is 71.8 Å². The van der Waals surface area contributed by atoms with E-state index in [1.807, 2.05) is 72.8 Å². The Kier molecular flexibility index (Phi) is 11.6. The third-order valence-electron chi connectivity index (χ3n) is 9.08. The van der Waals surface area contributed by atoms with Crippen LogP contribution in [0.2, 0.25) is 0 Å². The van der Waals surface area contributed by atoms with Crippen LogP contribution in [0.5, 0.6) is 0 Å². The van der Waals surface area contributed by atoms with E-state index in [9.17, 15) is 20.0 Å². The largest absolute Gasteiger partial charge is 0.392 e. The predicted molar refractivity (Wildman–Crippen MR) is 194 cm³/mol. The number of anilines is 1. The lowest BCUT2D eigenvalue weighted by Gasteiger charge is -2.41. The van der Waals surface area contributed by atoms with Gasteiger partial charge in [0.25, 0.3) is 15.4 Å². The predicted octanol–water partition coefficient (Wildman–Crippen LogP) is 7.11. The summed E-state index contributed by atoms with van der Waals surface area (Å²) in [5, 5.41) is 23.3. The number of benzene rings is 4. The molecule has 2 fully saturated rings. The first-order chi connectivity index (χ1) is 24.1. The smallest absolute Gasteiger partial charge is 0.272 e. The van der Waals surface area contributed by atoms with Crippen LogP contribution in [-0.4, -0.2) is 63.5 Å². The third-order valence-corrected chi connectivity index (χ3v) is 9.60. The number of piperazine rings is 1. The highest BCUT2D eigenvalue weighted by atomic mass is 35.6. The summed E-state index contributed by atoms with van der Waals surface area (Å²) in [7, 11) is 0. The number of ether oxygens (including phenoxy) is 2. The van der Waals surface area contributed by atoms with E-state index in [2.05, 4.69) is 15.1 Å². The molecule has 50 heavy (non-hydrogen) atoms. The molecule has 2 saturated heterocycles. The number of hydrogen-bond donors (Lipinski definition) is 2. The van der Waals surface area contributed by atoms with Gasteiger partial charge in [-0.3, -0.25) is 19.8 Å². The molecule has 0 spiro atoms. The minimum absolute atomic E-state index is 0.0270. The first-order valence-electron chi connectivity index (χ1n) is 16.3. The first-order valence-corrected chi connectivity index (χ1v) is 17.5. The molecule has 0 bridgehead atoms. The van der Waals surface area contributed by atoms with Crippen LogP contribution in [0.3, 0.4) is 0 Å². The van der Waals surface area contributed by atoms with Gasteiger partial charge in [-0.2, -0.15) is 0 Å². The van der Waals surface area contributed by atoms with Crippen molar-refractivity contribution in [1.82, 2.24) is 10.2 Å². The highest BCUT2D eigenvalue weighted by molar-refractivity contribution is 6.76. The highest BCUT2D eigenvalue weighted by Gasteiger charge is 2.34. The van der Waals surface area contributed by atoms with Crippen LogP contribution in [0.4, 0.5) is 11.4 Å². The highest BCUT2D eigenvalue weighted by Crippen LogP contribution is 2.39. The molecule has 262 valence electrons. The zero-order valence-electron chi connectivity index (χ0n) is 27.1. The first kappa shape index (κ1) is 36.1. The van der Waals surface area contributed by atoms with Gasteiger partial charge in [0.15, 0.2) is 6.29 Å². The molecule has 0 aliphatic carbocycles. The number of nitro groups is 1. The molecule has 0 radical (unpaired) electrons. The number of nitrogens with zero attached hydrogens (tertiary/aromatic N) is 3. The van der Waals surface area contributed by atoms with Crippen LogP contribution in [0.1, 0.15) is 41.1 Å². The van der Waals surface area contributed by atoms with E-state index in [4.69, 9.17) is 44.3 Å². The maximum absolute atomic E-state index is 12.2. The fourth-order valence-corrected chi connectivity index (χ4v) is 6.55. The summed E-state index contributed by atoms with van der Waals surface area (Å²) in [6, 6.07) is 30.2. The summed E-state index contributed by atoms with van der Waals surface area (Å²) in [5.74, 6) is -0.694. The molecule has 4 aromatic rings. The van der Waals surface area contributed by atoms with Gasteiger partial charge in [0.1, 0.15) is 0 Å². The van der Waals surface area contributed by atoms with E-state index in [0.29, 0.717) is 6.42 Å². The van der Waals surface area contributed by atoms with E-state index in [-0.39, 0.29) is 36.0 Å². The Labute approximate surface area is 305 Å². The van der Waals surface area contributed by atoms with Gasteiger partial charge < -0.3 is 24.8 Å². The number of carbonyl (C=O) groups excluding carboxylic acids is 1. The van der Waals surface area contributed by atoms with Gasteiger partial charge in [0, 0.05) is 69.1 Å². The average Bonchev–Trinajstić information content (AvgIpc) is 3.14. The minimum atomic E-state index is -2.04. The molecule has 13 heteroatoms. The second-order valence-electron chi connectivity index (χ2n) is 12.4. The molecule has 2 aliphatic rings. The maximum Gasteiger partial charge on any atom is 0.272 e. The zero-order chi connectivity index (χ0) is 35.3. The molecule has 3 atom stereocenters. The Morgan fingerprint density at radius 3 is 2.18 bits per heavy atom. The Morgan fingerprint density at radius 1 is 0.880 bits per heavy atom. The fourth-order valence-electron chi connectivity index (χ4n) is 6.35. The Hall–Kier alpha value is -3.74. The average molecular weight is 740 g/mol. The van der Waals surface area contributed by atoms with E-state index < -0.39 is 16.0 Å². The number of amides is 1.